The Hall–Kier alpha value is -1.64. The Labute approximate surface area is 165 Å². The first kappa shape index (κ1) is 20.1. The smallest absolute Gasteiger partial charge is 0.255 e. The van der Waals surface area contributed by atoms with Gasteiger partial charge in [-0.25, -0.2) is 8.42 Å². The number of aryl methyl sites for hydroxylation is 1. The maximum atomic E-state index is 13.0. The van der Waals surface area contributed by atoms with E-state index in [2.05, 4.69) is 20.9 Å². The van der Waals surface area contributed by atoms with Crippen LogP contribution < -0.4 is 0 Å². The molecule has 0 unspecified atom stereocenters. The summed E-state index contributed by atoms with van der Waals surface area (Å²) in [6.07, 6.45) is 1.26. The molecule has 3 rings (SSSR count). The third-order valence-corrected chi connectivity index (χ3v) is 6.92. The molecule has 6 nitrogen and oxygen atoms in total. The standard InChI is InChI=1S/C19H27N3O3S2/c1-15-13-18(16(2)22(15)14-17-5-4-11-26-17)19(23)21-8-6-20(7-9-21)10-12-27(3,24)25/h4-5,11,13H,6-10,12,14H2,1-3H3. The third-order valence-electron chi connectivity index (χ3n) is 5.14. The molecule has 0 aromatic carbocycles. The lowest BCUT2D eigenvalue weighted by Crippen LogP contribution is -2.49. The van der Waals surface area contributed by atoms with E-state index in [1.54, 1.807) is 11.3 Å². The van der Waals surface area contributed by atoms with Gasteiger partial charge in [-0.1, -0.05) is 6.07 Å². The van der Waals surface area contributed by atoms with Gasteiger partial charge < -0.3 is 9.47 Å². The number of hydrogen-bond donors (Lipinski definition) is 0. The largest absolute Gasteiger partial charge is 0.343 e. The van der Waals surface area contributed by atoms with Crippen LogP contribution in [0.15, 0.2) is 23.6 Å². The summed E-state index contributed by atoms with van der Waals surface area (Å²) >= 11 is 1.72. The summed E-state index contributed by atoms with van der Waals surface area (Å²) in [6.45, 7) is 8.09. The lowest BCUT2D eigenvalue weighted by atomic mass is 10.2. The predicted octanol–water partition coefficient (Wildman–Crippen LogP) is 2.02. The van der Waals surface area contributed by atoms with Crippen LogP contribution in [-0.4, -0.2) is 73.4 Å². The second-order valence-corrected chi connectivity index (χ2v) is 10.5. The SMILES string of the molecule is Cc1cc(C(=O)N2CCN(CCS(C)(=O)=O)CC2)c(C)n1Cc1cccs1. The van der Waals surface area contributed by atoms with Crippen LogP contribution in [0.25, 0.3) is 0 Å². The van der Waals surface area contributed by atoms with Gasteiger partial charge in [0, 0.05) is 55.2 Å². The highest BCUT2D eigenvalue weighted by molar-refractivity contribution is 7.90. The fourth-order valence-corrected chi connectivity index (χ4v) is 4.74. The number of amides is 1. The number of aromatic nitrogens is 1. The molecule has 148 valence electrons. The van der Waals surface area contributed by atoms with Crippen molar-refractivity contribution in [2.24, 2.45) is 0 Å². The van der Waals surface area contributed by atoms with E-state index < -0.39 is 9.84 Å². The summed E-state index contributed by atoms with van der Waals surface area (Å²) in [7, 11) is -2.95. The molecule has 0 N–H and O–H groups in total. The Morgan fingerprint density at radius 3 is 2.48 bits per heavy atom. The Bertz CT molecular complexity index is 893. The van der Waals surface area contributed by atoms with Crippen LogP contribution in [-0.2, 0) is 16.4 Å². The van der Waals surface area contributed by atoms with Crippen molar-refractivity contribution >= 4 is 27.1 Å². The van der Waals surface area contributed by atoms with E-state index in [0.29, 0.717) is 19.6 Å². The minimum absolute atomic E-state index is 0.0725. The molecule has 0 spiro atoms. The van der Waals surface area contributed by atoms with Gasteiger partial charge in [-0.05, 0) is 31.4 Å². The van der Waals surface area contributed by atoms with Crippen molar-refractivity contribution in [3.05, 3.63) is 45.4 Å². The molecule has 0 radical (unpaired) electrons. The number of piperazine rings is 1. The highest BCUT2D eigenvalue weighted by Crippen LogP contribution is 2.21. The van der Waals surface area contributed by atoms with Gasteiger partial charge in [-0.2, -0.15) is 0 Å². The van der Waals surface area contributed by atoms with Gasteiger partial charge in [-0.15, -0.1) is 11.3 Å². The van der Waals surface area contributed by atoms with Crippen molar-refractivity contribution < 1.29 is 13.2 Å². The average Bonchev–Trinajstić information content (AvgIpc) is 3.23. The normalized spacial score (nSPS) is 16.0. The second-order valence-electron chi connectivity index (χ2n) is 7.21. The van der Waals surface area contributed by atoms with Crippen molar-refractivity contribution in [1.82, 2.24) is 14.4 Å². The van der Waals surface area contributed by atoms with E-state index in [-0.39, 0.29) is 11.7 Å². The molecule has 27 heavy (non-hydrogen) atoms. The summed E-state index contributed by atoms with van der Waals surface area (Å²) in [5.74, 6) is 0.244. The fourth-order valence-electron chi connectivity index (χ4n) is 3.46. The van der Waals surface area contributed by atoms with Crippen LogP contribution >= 0.6 is 11.3 Å². The highest BCUT2D eigenvalue weighted by Gasteiger charge is 2.25. The molecule has 3 heterocycles. The Balaban J connectivity index is 1.63. The van der Waals surface area contributed by atoms with Crippen LogP contribution in [0.5, 0.6) is 0 Å². The van der Waals surface area contributed by atoms with Gasteiger partial charge in [-0.3, -0.25) is 9.69 Å². The first-order valence-electron chi connectivity index (χ1n) is 9.13. The summed E-state index contributed by atoms with van der Waals surface area (Å²) in [5.41, 5.74) is 2.87. The van der Waals surface area contributed by atoms with E-state index >= 15 is 0 Å². The number of nitrogens with zero attached hydrogens (tertiary/aromatic N) is 3. The molecule has 1 aliphatic heterocycles. The van der Waals surface area contributed by atoms with Crippen LogP contribution in [0, 0.1) is 13.8 Å². The molecule has 1 aliphatic rings. The molecule has 1 fully saturated rings. The molecule has 1 amide bonds. The zero-order valence-corrected chi connectivity index (χ0v) is 17.8. The fraction of sp³-hybridized carbons (Fsp3) is 0.526. The number of carbonyl (C=O) groups is 1. The number of hydrogen-bond acceptors (Lipinski definition) is 5. The molecule has 0 atom stereocenters. The Morgan fingerprint density at radius 1 is 1.19 bits per heavy atom. The predicted molar refractivity (Wildman–Crippen MR) is 109 cm³/mol. The Kier molecular flexibility index (Phi) is 6.08. The minimum atomic E-state index is -2.95. The van der Waals surface area contributed by atoms with E-state index in [4.69, 9.17) is 0 Å². The van der Waals surface area contributed by atoms with E-state index in [1.807, 2.05) is 30.9 Å². The summed E-state index contributed by atoms with van der Waals surface area (Å²) in [6, 6.07) is 6.14. The van der Waals surface area contributed by atoms with E-state index in [0.717, 1.165) is 36.6 Å². The zero-order chi connectivity index (χ0) is 19.6. The van der Waals surface area contributed by atoms with Gasteiger partial charge in [0.15, 0.2) is 0 Å². The average molecular weight is 410 g/mol. The molecule has 2 aromatic rings. The number of carbonyl (C=O) groups excluding carboxylic acids is 1. The van der Waals surface area contributed by atoms with Gasteiger partial charge in [0.2, 0.25) is 0 Å². The molecule has 8 heteroatoms. The van der Waals surface area contributed by atoms with E-state index in [9.17, 15) is 13.2 Å². The second kappa shape index (κ2) is 8.16. The van der Waals surface area contributed by atoms with Gasteiger partial charge in [0.25, 0.3) is 5.91 Å². The zero-order valence-electron chi connectivity index (χ0n) is 16.1. The first-order valence-corrected chi connectivity index (χ1v) is 12.1. The first-order chi connectivity index (χ1) is 12.7. The number of thiophene rings is 1. The van der Waals surface area contributed by atoms with Gasteiger partial charge >= 0.3 is 0 Å². The van der Waals surface area contributed by atoms with Crippen molar-refractivity contribution in [3.63, 3.8) is 0 Å². The third kappa shape index (κ3) is 5.00. The van der Waals surface area contributed by atoms with Crippen molar-refractivity contribution in [3.8, 4) is 0 Å². The van der Waals surface area contributed by atoms with Crippen molar-refractivity contribution in [1.29, 1.82) is 0 Å². The molecular formula is C19H27N3O3S2. The maximum Gasteiger partial charge on any atom is 0.255 e. The lowest BCUT2D eigenvalue weighted by molar-refractivity contribution is 0.0643. The number of rotatable bonds is 6. The molecule has 0 bridgehead atoms. The van der Waals surface area contributed by atoms with Crippen LogP contribution in [0.4, 0.5) is 0 Å². The van der Waals surface area contributed by atoms with Crippen LogP contribution in [0.2, 0.25) is 0 Å². The van der Waals surface area contributed by atoms with Crippen molar-refractivity contribution in [2.45, 2.75) is 20.4 Å². The van der Waals surface area contributed by atoms with Crippen LogP contribution in [0.1, 0.15) is 26.6 Å². The van der Waals surface area contributed by atoms with E-state index in [1.165, 1.54) is 11.1 Å². The van der Waals surface area contributed by atoms with Gasteiger partial charge in [0.05, 0.1) is 17.9 Å². The molecular weight excluding hydrogens is 382 g/mol. The minimum Gasteiger partial charge on any atom is -0.343 e. The van der Waals surface area contributed by atoms with Crippen LogP contribution in [0.3, 0.4) is 0 Å². The molecule has 1 saturated heterocycles. The molecule has 0 aliphatic carbocycles. The quantitative estimate of drug-likeness (QED) is 0.732. The van der Waals surface area contributed by atoms with Crippen molar-refractivity contribution in [2.75, 3.05) is 44.7 Å². The summed E-state index contributed by atoms with van der Waals surface area (Å²) in [5, 5.41) is 2.07. The maximum absolute atomic E-state index is 13.0. The van der Waals surface area contributed by atoms with Gasteiger partial charge in [0.1, 0.15) is 9.84 Å². The number of sulfone groups is 1. The molecule has 0 saturated carbocycles. The summed E-state index contributed by atoms with van der Waals surface area (Å²) < 4.78 is 24.8. The topological polar surface area (TPSA) is 62.6 Å². The molecule has 2 aromatic heterocycles. The monoisotopic (exact) mass is 409 g/mol. The summed E-state index contributed by atoms with van der Waals surface area (Å²) in [4.78, 5) is 18.3. The Morgan fingerprint density at radius 2 is 1.89 bits per heavy atom. The lowest BCUT2D eigenvalue weighted by Gasteiger charge is -2.34. The highest BCUT2D eigenvalue weighted by atomic mass is 32.2.